The minimum atomic E-state index is -0.279. The SMILES string of the molecule is Cn1nc(-c2ccccc2Cl)sc1=NC1(c2ccccc2Cl)CCCCC1. The summed E-state index contributed by atoms with van der Waals surface area (Å²) in [6.07, 6.45) is 5.59. The Hall–Kier alpha value is -1.62. The summed E-state index contributed by atoms with van der Waals surface area (Å²) < 4.78 is 1.86. The molecule has 1 saturated carbocycles. The molecule has 0 N–H and O–H groups in total. The van der Waals surface area contributed by atoms with E-state index in [0.717, 1.165) is 51.6 Å². The number of nitrogens with zero attached hydrogens (tertiary/aromatic N) is 3. The average molecular weight is 418 g/mol. The molecule has 0 saturated heterocycles. The summed E-state index contributed by atoms with van der Waals surface area (Å²) in [4.78, 5) is 6.14. The lowest BCUT2D eigenvalue weighted by atomic mass is 9.77. The van der Waals surface area contributed by atoms with Crippen LogP contribution >= 0.6 is 34.5 Å². The third-order valence-electron chi connectivity index (χ3n) is 5.18. The molecule has 1 aromatic heterocycles. The van der Waals surface area contributed by atoms with Gasteiger partial charge in [0.2, 0.25) is 4.80 Å². The first kappa shape index (κ1) is 18.7. The highest BCUT2D eigenvalue weighted by Gasteiger charge is 2.35. The predicted octanol–water partition coefficient (Wildman–Crippen LogP) is 6.22. The molecule has 0 atom stereocenters. The Morgan fingerprint density at radius 1 is 0.963 bits per heavy atom. The van der Waals surface area contributed by atoms with Gasteiger partial charge in [-0.25, -0.2) is 9.67 Å². The lowest BCUT2D eigenvalue weighted by Crippen LogP contribution is -2.31. The first-order valence-electron chi connectivity index (χ1n) is 9.19. The number of aromatic nitrogens is 2. The number of hydrogen-bond donors (Lipinski definition) is 0. The Labute approximate surface area is 173 Å². The van der Waals surface area contributed by atoms with Crippen molar-refractivity contribution in [3.63, 3.8) is 0 Å². The number of benzene rings is 2. The van der Waals surface area contributed by atoms with Crippen molar-refractivity contribution in [2.45, 2.75) is 37.6 Å². The van der Waals surface area contributed by atoms with Crippen LogP contribution in [0.2, 0.25) is 10.0 Å². The molecule has 0 aliphatic heterocycles. The number of aryl methyl sites for hydroxylation is 1. The fourth-order valence-electron chi connectivity index (χ4n) is 3.79. The van der Waals surface area contributed by atoms with Gasteiger partial charge in [-0.15, -0.1) is 0 Å². The summed E-state index contributed by atoms with van der Waals surface area (Å²) in [5, 5.41) is 7.06. The third-order valence-corrected chi connectivity index (χ3v) is 6.87. The van der Waals surface area contributed by atoms with E-state index in [0.29, 0.717) is 5.02 Å². The van der Waals surface area contributed by atoms with Gasteiger partial charge in [-0.2, -0.15) is 5.10 Å². The van der Waals surface area contributed by atoms with Crippen LogP contribution in [0.15, 0.2) is 53.5 Å². The summed E-state index contributed by atoms with van der Waals surface area (Å²) in [7, 11) is 1.94. The second-order valence-electron chi connectivity index (χ2n) is 6.98. The molecule has 0 unspecified atom stereocenters. The highest BCUT2D eigenvalue weighted by molar-refractivity contribution is 7.12. The van der Waals surface area contributed by atoms with Crippen molar-refractivity contribution < 1.29 is 0 Å². The molecule has 1 heterocycles. The number of hydrogen-bond acceptors (Lipinski definition) is 3. The van der Waals surface area contributed by atoms with Gasteiger partial charge >= 0.3 is 0 Å². The Bertz CT molecular complexity index is 1020. The van der Waals surface area contributed by atoms with E-state index >= 15 is 0 Å². The van der Waals surface area contributed by atoms with E-state index in [4.69, 9.17) is 28.2 Å². The first-order chi connectivity index (χ1) is 13.1. The molecule has 1 aliphatic rings. The monoisotopic (exact) mass is 417 g/mol. The molecule has 0 amide bonds. The molecular formula is C21H21Cl2N3S. The molecular weight excluding hydrogens is 397 g/mol. The van der Waals surface area contributed by atoms with Gasteiger partial charge in [0.25, 0.3) is 0 Å². The summed E-state index contributed by atoms with van der Waals surface area (Å²) in [6.45, 7) is 0. The largest absolute Gasteiger partial charge is 0.246 e. The molecule has 6 heteroatoms. The highest BCUT2D eigenvalue weighted by atomic mass is 35.5. The maximum atomic E-state index is 6.58. The fraction of sp³-hybridized carbons (Fsp3) is 0.333. The Morgan fingerprint density at radius 3 is 2.33 bits per heavy atom. The van der Waals surface area contributed by atoms with Gasteiger partial charge in [-0.1, -0.05) is 90.2 Å². The van der Waals surface area contributed by atoms with Crippen molar-refractivity contribution in [2.24, 2.45) is 12.0 Å². The smallest absolute Gasteiger partial charge is 0.204 e. The van der Waals surface area contributed by atoms with E-state index < -0.39 is 0 Å². The summed E-state index contributed by atoms with van der Waals surface area (Å²) in [5.74, 6) is 0. The Kier molecular flexibility index (Phi) is 5.40. The molecule has 1 aliphatic carbocycles. The zero-order valence-corrected chi connectivity index (χ0v) is 17.5. The van der Waals surface area contributed by atoms with E-state index in [1.807, 2.05) is 48.1 Å². The van der Waals surface area contributed by atoms with E-state index in [2.05, 4.69) is 17.2 Å². The number of halogens is 2. The zero-order valence-electron chi connectivity index (χ0n) is 15.2. The molecule has 27 heavy (non-hydrogen) atoms. The average Bonchev–Trinajstić information content (AvgIpc) is 3.03. The van der Waals surface area contributed by atoms with Gasteiger partial charge in [0.1, 0.15) is 5.01 Å². The van der Waals surface area contributed by atoms with Crippen molar-refractivity contribution in [1.82, 2.24) is 9.78 Å². The maximum Gasteiger partial charge on any atom is 0.204 e. The van der Waals surface area contributed by atoms with Crippen molar-refractivity contribution in [3.8, 4) is 10.6 Å². The topological polar surface area (TPSA) is 30.2 Å². The summed E-state index contributed by atoms with van der Waals surface area (Å²) in [6, 6.07) is 15.9. The lowest BCUT2D eigenvalue weighted by Gasteiger charge is -2.34. The minimum absolute atomic E-state index is 0.279. The second-order valence-corrected chi connectivity index (χ2v) is 8.75. The van der Waals surface area contributed by atoms with Crippen LogP contribution in [-0.4, -0.2) is 9.78 Å². The van der Waals surface area contributed by atoms with Crippen molar-refractivity contribution >= 4 is 34.5 Å². The molecule has 0 bridgehead atoms. The Balaban J connectivity index is 1.85. The van der Waals surface area contributed by atoms with Crippen LogP contribution in [0, 0.1) is 0 Å². The van der Waals surface area contributed by atoms with E-state index in [9.17, 15) is 0 Å². The van der Waals surface area contributed by atoms with Gasteiger partial charge < -0.3 is 0 Å². The molecule has 3 aromatic rings. The van der Waals surface area contributed by atoms with Crippen LogP contribution in [0.5, 0.6) is 0 Å². The predicted molar refractivity (Wildman–Crippen MR) is 113 cm³/mol. The summed E-state index contributed by atoms with van der Waals surface area (Å²) in [5.41, 5.74) is 1.79. The van der Waals surface area contributed by atoms with Crippen LogP contribution in [0.25, 0.3) is 10.6 Å². The van der Waals surface area contributed by atoms with Gasteiger partial charge in [-0.05, 0) is 30.5 Å². The van der Waals surface area contributed by atoms with Crippen molar-refractivity contribution in [1.29, 1.82) is 0 Å². The normalized spacial score (nSPS) is 17.2. The standard InChI is InChI=1S/C21H21Cl2N3S/c1-26-20(27-19(25-26)15-9-3-5-11-17(15)22)24-21(13-7-2-8-14-21)16-10-4-6-12-18(16)23/h3-6,9-12H,2,7-8,13-14H2,1H3. The molecule has 0 spiro atoms. The van der Waals surface area contributed by atoms with Gasteiger partial charge in [0, 0.05) is 17.6 Å². The van der Waals surface area contributed by atoms with Gasteiger partial charge in [-0.3, -0.25) is 0 Å². The van der Waals surface area contributed by atoms with Gasteiger partial charge in [0.15, 0.2) is 0 Å². The molecule has 4 rings (SSSR count). The highest BCUT2D eigenvalue weighted by Crippen LogP contribution is 2.43. The van der Waals surface area contributed by atoms with Crippen molar-refractivity contribution in [3.05, 3.63) is 68.9 Å². The lowest BCUT2D eigenvalue weighted by molar-refractivity contribution is 0.296. The van der Waals surface area contributed by atoms with Crippen molar-refractivity contribution in [2.75, 3.05) is 0 Å². The molecule has 2 aromatic carbocycles. The zero-order chi connectivity index (χ0) is 18.9. The third kappa shape index (κ3) is 3.71. The van der Waals surface area contributed by atoms with Crippen LogP contribution < -0.4 is 4.80 Å². The second kappa shape index (κ2) is 7.78. The summed E-state index contributed by atoms with van der Waals surface area (Å²) >= 11 is 14.5. The number of rotatable bonds is 3. The molecule has 3 nitrogen and oxygen atoms in total. The van der Waals surface area contributed by atoms with Crippen LogP contribution in [0.3, 0.4) is 0 Å². The minimum Gasteiger partial charge on any atom is -0.246 e. The van der Waals surface area contributed by atoms with Gasteiger partial charge in [0.05, 0.1) is 10.6 Å². The fourth-order valence-corrected chi connectivity index (χ4v) is 5.40. The maximum absolute atomic E-state index is 6.58. The van der Waals surface area contributed by atoms with Crippen LogP contribution in [0.4, 0.5) is 0 Å². The molecule has 1 fully saturated rings. The quantitative estimate of drug-likeness (QED) is 0.497. The van der Waals surface area contributed by atoms with E-state index in [-0.39, 0.29) is 5.54 Å². The molecule has 0 radical (unpaired) electrons. The first-order valence-corrected chi connectivity index (χ1v) is 10.8. The van der Waals surface area contributed by atoms with Crippen LogP contribution in [-0.2, 0) is 12.6 Å². The van der Waals surface area contributed by atoms with Crippen LogP contribution in [0.1, 0.15) is 37.7 Å². The van der Waals surface area contributed by atoms with E-state index in [1.54, 1.807) is 11.3 Å². The Morgan fingerprint density at radius 2 is 1.63 bits per heavy atom. The molecule has 140 valence electrons. The van der Waals surface area contributed by atoms with E-state index in [1.165, 1.54) is 6.42 Å².